The van der Waals surface area contributed by atoms with Crippen molar-refractivity contribution in [1.82, 2.24) is 33.9 Å². The first-order chi connectivity index (χ1) is 32.6. The monoisotopic (exact) mass is 948 g/mol. The van der Waals surface area contributed by atoms with Crippen molar-refractivity contribution >= 4 is 98.3 Å². The highest BCUT2D eigenvalue weighted by Gasteiger charge is 2.26. The number of methoxy groups -OCH3 is 2. The summed E-state index contributed by atoms with van der Waals surface area (Å²) in [6, 6.07) is 23.2. The second kappa shape index (κ2) is 21.3. The van der Waals surface area contributed by atoms with Gasteiger partial charge >= 0.3 is 5.97 Å². The molecule has 6 aromatic heterocycles. The molecule has 2 aliphatic rings. The van der Waals surface area contributed by atoms with Gasteiger partial charge in [-0.3, -0.25) is 23.2 Å². The molecule has 352 valence electrons. The Morgan fingerprint density at radius 1 is 0.657 bits per heavy atom. The van der Waals surface area contributed by atoms with Crippen LogP contribution < -0.4 is 31.7 Å². The third kappa shape index (κ3) is 9.71. The summed E-state index contributed by atoms with van der Waals surface area (Å²) in [5, 5.41) is 3.68. The molecule has 0 aliphatic carbocycles. The van der Waals surface area contributed by atoms with Gasteiger partial charge < -0.3 is 44.9 Å². The number of nitrogens with zero attached hydrogens (tertiary/aromatic N) is 8. The van der Waals surface area contributed by atoms with Crippen LogP contribution in [0.15, 0.2) is 82.4 Å². The first-order valence-electron chi connectivity index (χ1n) is 22.3. The molecular formula is C48H56N10O7S2. The SMILES string of the molecule is CCOC(=O)c1c(=O)c2ccc(N3CCN(C)CC3)nc2n2c1sc1ccccc12.COCCN.COCCNC(=O)c1c(=O)c2ccc(N3CCN(C)CC3)nc2n2c1sc1ccccc12. The van der Waals surface area contributed by atoms with Gasteiger partial charge in [-0.1, -0.05) is 24.3 Å². The summed E-state index contributed by atoms with van der Waals surface area (Å²) in [5.41, 5.74) is 7.67. The van der Waals surface area contributed by atoms with Gasteiger partial charge in [-0.15, -0.1) is 22.7 Å². The number of carbonyl (C=O) groups excluding carboxylic acids is 2. The fraction of sp³-hybridized carbons (Fsp3) is 0.375. The quantitative estimate of drug-likeness (QED) is 0.141. The van der Waals surface area contributed by atoms with E-state index < -0.39 is 5.97 Å². The number of hydrogen-bond donors (Lipinski definition) is 2. The van der Waals surface area contributed by atoms with Crippen molar-refractivity contribution in [3.63, 3.8) is 0 Å². The zero-order valence-electron chi connectivity index (χ0n) is 38.4. The fourth-order valence-electron chi connectivity index (χ4n) is 8.24. The lowest BCUT2D eigenvalue weighted by Crippen LogP contribution is -2.44. The molecule has 17 nitrogen and oxygen atoms in total. The number of benzene rings is 2. The lowest BCUT2D eigenvalue weighted by Gasteiger charge is -2.33. The van der Waals surface area contributed by atoms with Gasteiger partial charge in [-0.2, -0.15) is 0 Å². The van der Waals surface area contributed by atoms with Gasteiger partial charge in [0, 0.05) is 79.7 Å². The van der Waals surface area contributed by atoms with Crippen molar-refractivity contribution in [2.75, 3.05) is 123 Å². The van der Waals surface area contributed by atoms with E-state index in [9.17, 15) is 19.2 Å². The average molecular weight is 949 g/mol. The molecule has 10 rings (SSSR count). The van der Waals surface area contributed by atoms with Gasteiger partial charge in [0.1, 0.15) is 32.4 Å². The van der Waals surface area contributed by atoms with Crippen molar-refractivity contribution in [2.24, 2.45) is 5.73 Å². The molecule has 0 radical (unpaired) electrons. The van der Waals surface area contributed by atoms with E-state index in [-0.39, 0.29) is 34.5 Å². The van der Waals surface area contributed by atoms with Crippen molar-refractivity contribution in [1.29, 1.82) is 0 Å². The number of thiazole rings is 2. The third-order valence-electron chi connectivity index (χ3n) is 11.8. The van der Waals surface area contributed by atoms with Crippen LogP contribution in [0.3, 0.4) is 0 Å². The third-order valence-corrected chi connectivity index (χ3v) is 14.1. The number of fused-ring (bicyclic) bond motifs is 10. The Hall–Kier alpha value is -6.06. The van der Waals surface area contributed by atoms with Crippen LogP contribution in [0.5, 0.6) is 0 Å². The summed E-state index contributed by atoms with van der Waals surface area (Å²) >= 11 is 2.85. The number of carbonyl (C=O) groups is 2. The molecule has 1 amide bonds. The number of pyridine rings is 4. The van der Waals surface area contributed by atoms with E-state index in [1.165, 1.54) is 22.7 Å². The zero-order valence-corrected chi connectivity index (χ0v) is 40.1. The van der Waals surface area contributed by atoms with Crippen LogP contribution in [-0.4, -0.2) is 154 Å². The average Bonchev–Trinajstić information content (AvgIpc) is 3.92. The van der Waals surface area contributed by atoms with Gasteiger partial charge in [0.15, 0.2) is 11.3 Å². The standard InChI is InChI=1S/C23H25N5O3S.C22H22N4O3S.C3H9NO/c1-26-10-12-27(13-11-26)18-8-7-15-20(29)19(22(30)24-9-14-31-2)23-28(21(15)25-18)16-5-3-4-6-17(16)32-23;1-3-29-22(28)18-19(27)14-8-9-17(25-12-10-24(2)11-13-25)23-20(14)26-15-6-4-5-7-16(15)30-21(18)26;1-5-3-2-4/h3-8H,9-14H2,1-2H3,(H,24,30);4-9H,3,10-13H2,1-2H3;2-4H2,1H3. The predicted molar refractivity (Wildman–Crippen MR) is 269 cm³/mol. The van der Waals surface area contributed by atoms with Crippen LogP contribution in [0.1, 0.15) is 27.6 Å². The summed E-state index contributed by atoms with van der Waals surface area (Å²) in [5.74, 6) is 0.729. The first-order valence-corrected chi connectivity index (χ1v) is 24.0. The number of ether oxygens (including phenoxy) is 3. The highest BCUT2D eigenvalue weighted by atomic mass is 32.1. The number of likely N-dealkylation sites (N-methyl/N-ethyl adjacent to an activating group) is 2. The number of para-hydroxylation sites is 2. The van der Waals surface area contributed by atoms with Crippen LogP contribution in [0.4, 0.5) is 11.6 Å². The van der Waals surface area contributed by atoms with Crippen molar-refractivity contribution in [2.45, 2.75) is 6.92 Å². The molecule has 0 atom stereocenters. The summed E-state index contributed by atoms with van der Waals surface area (Å²) in [6.45, 7) is 11.4. The highest BCUT2D eigenvalue weighted by Crippen LogP contribution is 2.33. The Kier molecular flexibility index (Phi) is 15.1. The molecular weight excluding hydrogens is 893 g/mol. The van der Waals surface area contributed by atoms with Gasteiger partial charge in [-0.05, 0) is 69.6 Å². The van der Waals surface area contributed by atoms with Crippen molar-refractivity contribution in [3.8, 4) is 0 Å². The second-order valence-corrected chi connectivity index (χ2v) is 18.3. The van der Waals surface area contributed by atoms with Gasteiger partial charge in [-0.25, -0.2) is 14.8 Å². The molecule has 8 aromatic rings. The lowest BCUT2D eigenvalue weighted by molar-refractivity contribution is 0.0527. The Morgan fingerprint density at radius 2 is 1.12 bits per heavy atom. The molecule has 19 heteroatoms. The first kappa shape index (κ1) is 47.4. The number of nitrogens with one attached hydrogen (secondary N) is 1. The van der Waals surface area contributed by atoms with Gasteiger partial charge in [0.25, 0.3) is 5.91 Å². The Labute approximate surface area is 394 Å². The lowest BCUT2D eigenvalue weighted by atomic mass is 10.1. The molecule has 8 heterocycles. The van der Waals surface area contributed by atoms with Crippen molar-refractivity contribution < 1.29 is 23.8 Å². The number of esters is 1. The van der Waals surface area contributed by atoms with E-state index in [0.29, 0.717) is 58.0 Å². The van der Waals surface area contributed by atoms with Gasteiger partial charge in [0.2, 0.25) is 10.9 Å². The molecule has 0 spiro atoms. The van der Waals surface area contributed by atoms with E-state index in [1.807, 2.05) is 75.5 Å². The number of aromatic nitrogens is 4. The summed E-state index contributed by atoms with van der Waals surface area (Å²) < 4.78 is 20.7. The number of piperazine rings is 2. The van der Waals surface area contributed by atoms with E-state index in [1.54, 1.807) is 27.2 Å². The van der Waals surface area contributed by atoms with Gasteiger partial charge in [0.05, 0.1) is 51.0 Å². The largest absolute Gasteiger partial charge is 0.462 e. The maximum Gasteiger partial charge on any atom is 0.345 e. The molecule has 0 unspecified atom stereocenters. The van der Waals surface area contributed by atoms with E-state index >= 15 is 0 Å². The molecule has 2 fully saturated rings. The number of rotatable bonds is 10. The van der Waals surface area contributed by atoms with E-state index in [2.05, 4.69) is 43.7 Å². The molecule has 2 saturated heterocycles. The summed E-state index contributed by atoms with van der Waals surface area (Å²) in [4.78, 5) is 72.6. The Balaban J connectivity index is 0.000000165. The minimum absolute atomic E-state index is 0.0831. The molecule has 67 heavy (non-hydrogen) atoms. The van der Waals surface area contributed by atoms with Crippen LogP contribution in [0, 0.1) is 0 Å². The number of hydrogen-bond acceptors (Lipinski definition) is 16. The van der Waals surface area contributed by atoms with Crippen LogP contribution in [-0.2, 0) is 14.2 Å². The van der Waals surface area contributed by atoms with Crippen molar-refractivity contribution in [3.05, 3.63) is 104 Å². The van der Waals surface area contributed by atoms with Crippen LogP contribution >= 0.6 is 22.7 Å². The number of nitrogens with two attached hydrogens (primary N) is 1. The second-order valence-electron chi connectivity index (χ2n) is 16.2. The minimum atomic E-state index is -0.586. The fourth-order valence-corrected chi connectivity index (χ4v) is 10.6. The Morgan fingerprint density at radius 3 is 1.57 bits per heavy atom. The molecule has 0 bridgehead atoms. The molecule has 3 N–H and O–H groups in total. The normalized spacial score (nSPS) is 14.7. The minimum Gasteiger partial charge on any atom is -0.462 e. The molecule has 0 saturated carbocycles. The number of anilines is 2. The smallest absolute Gasteiger partial charge is 0.345 e. The van der Waals surface area contributed by atoms with Crippen LogP contribution in [0.25, 0.3) is 52.2 Å². The van der Waals surface area contributed by atoms with E-state index in [0.717, 1.165) is 84.4 Å². The topological polar surface area (TPSA) is 182 Å². The van der Waals surface area contributed by atoms with E-state index in [4.69, 9.17) is 25.2 Å². The zero-order chi connectivity index (χ0) is 47.2. The summed E-state index contributed by atoms with van der Waals surface area (Å²) in [7, 11) is 7.44. The highest BCUT2D eigenvalue weighted by molar-refractivity contribution is 7.24. The number of amides is 1. The predicted octanol–water partition coefficient (Wildman–Crippen LogP) is 4.77. The maximum atomic E-state index is 13.5. The maximum absolute atomic E-state index is 13.5. The molecule has 2 aliphatic heterocycles. The van der Waals surface area contributed by atoms with Crippen LogP contribution in [0.2, 0.25) is 0 Å². The molecule has 2 aromatic carbocycles. The summed E-state index contributed by atoms with van der Waals surface area (Å²) in [6.07, 6.45) is 0. The Bertz CT molecular complexity index is 3190.